The van der Waals surface area contributed by atoms with Gasteiger partial charge in [-0.15, -0.1) is 22.7 Å². The van der Waals surface area contributed by atoms with E-state index in [4.69, 9.17) is 11.6 Å². The quantitative estimate of drug-likeness (QED) is 0.770. The van der Waals surface area contributed by atoms with E-state index >= 15 is 0 Å². The van der Waals surface area contributed by atoms with E-state index in [2.05, 4.69) is 40.3 Å². The third-order valence-corrected chi connectivity index (χ3v) is 5.50. The molecule has 2 aromatic heterocycles. The Morgan fingerprint density at radius 2 is 2.24 bits per heavy atom. The summed E-state index contributed by atoms with van der Waals surface area (Å²) in [4.78, 5) is 2.50. The minimum atomic E-state index is 0.221. The first kappa shape index (κ1) is 13.6. The molecule has 0 amide bonds. The molecule has 1 nitrogen and oxygen atoms in total. The van der Waals surface area contributed by atoms with Crippen LogP contribution >= 0.6 is 50.2 Å². The summed E-state index contributed by atoms with van der Waals surface area (Å²) in [6.07, 6.45) is 1.12. The number of hydrogen-bond donors (Lipinski definition) is 1. The highest BCUT2D eigenvalue weighted by atomic mass is 79.9. The van der Waals surface area contributed by atoms with Crippen molar-refractivity contribution >= 4 is 50.2 Å². The predicted octanol–water partition coefficient (Wildman–Crippen LogP) is 5.31. The molecule has 0 spiro atoms. The first-order chi connectivity index (χ1) is 8.22. The molecule has 0 aliphatic heterocycles. The summed E-state index contributed by atoms with van der Waals surface area (Å²) < 4.78 is 1.16. The van der Waals surface area contributed by atoms with Crippen LogP contribution in [0.2, 0.25) is 5.02 Å². The van der Waals surface area contributed by atoms with Gasteiger partial charge in [-0.3, -0.25) is 0 Å². The minimum Gasteiger partial charge on any atom is -0.305 e. The lowest BCUT2D eigenvalue weighted by Crippen LogP contribution is -2.21. The number of rotatable bonds is 5. The monoisotopic (exact) mass is 349 g/mol. The van der Waals surface area contributed by atoms with Gasteiger partial charge in [0.25, 0.3) is 0 Å². The Kier molecular flexibility index (Phi) is 5.06. The van der Waals surface area contributed by atoms with Crippen molar-refractivity contribution in [3.8, 4) is 0 Å². The van der Waals surface area contributed by atoms with Gasteiger partial charge in [0.1, 0.15) is 0 Å². The summed E-state index contributed by atoms with van der Waals surface area (Å²) in [5, 5.41) is 6.46. The van der Waals surface area contributed by atoms with Gasteiger partial charge in [0.05, 0.1) is 14.9 Å². The molecule has 0 aliphatic carbocycles. The van der Waals surface area contributed by atoms with E-state index in [1.165, 1.54) is 9.75 Å². The molecule has 0 bridgehead atoms. The topological polar surface area (TPSA) is 12.0 Å². The molecule has 2 aromatic rings. The van der Waals surface area contributed by atoms with E-state index in [-0.39, 0.29) is 6.04 Å². The van der Waals surface area contributed by atoms with Gasteiger partial charge < -0.3 is 5.32 Å². The smallest absolute Gasteiger partial charge is 0.0780 e. The summed E-state index contributed by atoms with van der Waals surface area (Å²) in [7, 11) is 0. The third-order valence-electron chi connectivity index (χ3n) is 2.38. The molecule has 1 unspecified atom stereocenters. The highest BCUT2D eigenvalue weighted by molar-refractivity contribution is 9.11. The van der Waals surface area contributed by atoms with Crippen LogP contribution in [-0.4, -0.2) is 6.54 Å². The first-order valence-corrected chi connectivity index (χ1v) is 8.30. The van der Waals surface area contributed by atoms with Crippen molar-refractivity contribution in [2.75, 3.05) is 6.54 Å². The van der Waals surface area contributed by atoms with Gasteiger partial charge >= 0.3 is 0 Å². The molecule has 0 aromatic carbocycles. The fraction of sp³-hybridized carbons (Fsp3) is 0.333. The Morgan fingerprint density at radius 1 is 1.41 bits per heavy atom. The van der Waals surface area contributed by atoms with Crippen molar-refractivity contribution in [3.63, 3.8) is 0 Å². The summed E-state index contributed by atoms with van der Waals surface area (Å²) in [6.45, 7) is 3.17. The summed E-state index contributed by atoms with van der Waals surface area (Å²) >= 11 is 13.2. The molecule has 0 radical (unpaired) electrons. The maximum absolute atomic E-state index is 6.23. The van der Waals surface area contributed by atoms with Gasteiger partial charge in [0.15, 0.2) is 0 Å². The SMILES string of the molecule is CCCNC(c1ccc(Br)s1)c1sccc1Cl. The van der Waals surface area contributed by atoms with Crippen LogP contribution in [0.1, 0.15) is 29.1 Å². The van der Waals surface area contributed by atoms with Crippen molar-refractivity contribution in [3.05, 3.63) is 42.1 Å². The molecule has 92 valence electrons. The van der Waals surface area contributed by atoms with Crippen LogP contribution in [0.15, 0.2) is 27.4 Å². The Balaban J connectivity index is 2.28. The van der Waals surface area contributed by atoms with Crippen molar-refractivity contribution in [1.29, 1.82) is 0 Å². The van der Waals surface area contributed by atoms with E-state index in [0.29, 0.717) is 0 Å². The Bertz CT molecular complexity index is 480. The maximum atomic E-state index is 6.23. The van der Waals surface area contributed by atoms with E-state index in [0.717, 1.165) is 21.8 Å². The summed E-state index contributed by atoms with van der Waals surface area (Å²) in [5.41, 5.74) is 0. The lowest BCUT2D eigenvalue weighted by Gasteiger charge is -2.16. The van der Waals surface area contributed by atoms with Crippen LogP contribution in [0.5, 0.6) is 0 Å². The largest absolute Gasteiger partial charge is 0.305 e. The van der Waals surface area contributed by atoms with E-state index in [1.807, 2.05) is 11.4 Å². The van der Waals surface area contributed by atoms with Gasteiger partial charge in [-0.2, -0.15) is 0 Å². The summed E-state index contributed by atoms with van der Waals surface area (Å²) in [6, 6.07) is 6.42. The van der Waals surface area contributed by atoms with E-state index in [9.17, 15) is 0 Å². The van der Waals surface area contributed by atoms with Crippen LogP contribution in [0.4, 0.5) is 0 Å². The van der Waals surface area contributed by atoms with Gasteiger partial charge in [-0.1, -0.05) is 18.5 Å². The standard InChI is InChI=1S/C12H13BrClNS2/c1-2-6-15-11(9-3-4-10(13)17-9)12-8(14)5-7-16-12/h3-5,7,11,15H,2,6H2,1H3. The predicted molar refractivity (Wildman–Crippen MR) is 81.5 cm³/mol. The number of hydrogen-bond acceptors (Lipinski definition) is 3. The molecule has 0 saturated carbocycles. The van der Waals surface area contributed by atoms with Crippen molar-refractivity contribution in [1.82, 2.24) is 5.32 Å². The average molecular weight is 351 g/mol. The van der Waals surface area contributed by atoms with Crippen LogP contribution in [-0.2, 0) is 0 Å². The molecule has 5 heteroatoms. The molecular formula is C12H13BrClNS2. The van der Waals surface area contributed by atoms with Crippen LogP contribution in [0, 0.1) is 0 Å². The molecular weight excluding hydrogens is 338 g/mol. The van der Waals surface area contributed by atoms with Crippen molar-refractivity contribution in [2.45, 2.75) is 19.4 Å². The molecule has 0 saturated heterocycles. The number of halogens is 2. The highest BCUT2D eigenvalue weighted by Crippen LogP contribution is 2.37. The number of nitrogens with one attached hydrogen (secondary N) is 1. The van der Waals surface area contributed by atoms with Gasteiger partial charge in [-0.05, 0) is 52.5 Å². The Hall–Kier alpha value is 0.130. The molecule has 2 heterocycles. The first-order valence-electron chi connectivity index (χ1n) is 5.44. The highest BCUT2D eigenvalue weighted by Gasteiger charge is 2.19. The second-order valence-corrected chi connectivity index (χ2v) is 7.51. The fourth-order valence-corrected chi connectivity index (χ4v) is 4.45. The van der Waals surface area contributed by atoms with Gasteiger partial charge in [-0.25, -0.2) is 0 Å². The minimum absolute atomic E-state index is 0.221. The number of thiophene rings is 2. The van der Waals surface area contributed by atoms with Gasteiger partial charge in [0, 0.05) is 9.75 Å². The fourth-order valence-electron chi connectivity index (χ4n) is 1.61. The van der Waals surface area contributed by atoms with Crippen molar-refractivity contribution < 1.29 is 0 Å². The van der Waals surface area contributed by atoms with Crippen LogP contribution in [0.25, 0.3) is 0 Å². The van der Waals surface area contributed by atoms with E-state index < -0.39 is 0 Å². The van der Waals surface area contributed by atoms with Gasteiger partial charge in [0.2, 0.25) is 0 Å². The van der Waals surface area contributed by atoms with E-state index in [1.54, 1.807) is 22.7 Å². The molecule has 1 N–H and O–H groups in total. The Morgan fingerprint density at radius 3 is 2.76 bits per heavy atom. The van der Waals surface area contributed by atoms with Crippen LogP contribution < -0.4 is 5.32 Å². The molecule has 2 rings (SSSR count). The lowest BCUT2D eigenvalue weighted by atomic mass is 10.2. The second-order valence-electron chi connectivity index (χ2n) is 3.66. The lowest BCUT2D eigenvalue weighted by molar-refractivity contribution is 0.613. The maximum Gasteiger partial charge on any atom is 0.0780 e. The average Bonchev–Trinajstić information content (AvgIpc) is 2.90. The zero-order valence-corrected chi connectivity index (χ0v) is 13.3. The molecule has 0 aliphatic rings. The molecule has 17 heavy (non-hydrogen) atoms. The normalized spacial score (nSPS) is 12.9. The molecule has 0 fully saturated rings. The molecule has 1 atom stereocenters. The van der Waals surface area contributed by atoms with Crippen molar-refractivity contribution in [2.24, 2.45) is 0 Å². The second kappa shape index (κ2) is 6.34. The van der Waals surface area contributed by atoms with Crippen LogP contribution in [0.3, 0.4) is 0 Å². The zero-order valence-electron chi connectivity index (χ0n) is 9.37. The summed E-state index contributed by atoms with van der Waals surface area (Å²) in [5.74, 6) is 0. The zero-order chi connectivity index (χ0) is 12.3. The Labute approximate surface area is 123 Å². The third kappa shape index (κ3) is 3.32.